The van der Waals surface area contributed by atoms with E-state index < -0.39 is 74.2 Å². The van der Waals surface area contributed by atoms with E-state index in [9.17, 15) is 40.5 Å². The first kappa shape index (κ1) is 61.6. The largest absolute Gasteiger partial charge is 0.394 e. The predicted octanol–water partition coefficient (Wildman–Crippen LogP) is 10.6. The summed E-state index contributed by atoms with van der Waals surface area (Å²) in [5.41, 5.74) is 0. The Morgan fingerprint density at radius 1 is 0.523 bits per heavy atom. The van der Waals surface area contributed by atoms with Crippen LogP contribution < -0.4 is 5.32 Å². The quantitative estimate of drug-likeness (QED) is 0.0216. The molecule has 384 valence electrons. The number of allylic oxidation sites excluding steroid dienone is 4. The van der Waals surface area contributed by atoms with Crippen molar-refractivity contribution in [1.29, 1.82) is 0 Å². The Labute approximate surface area is 397 Å². The van der Waals surface area contributed by atoms with E-state index >= 15 is 0 Å². The highest BCUT2D eigenvalue weighted by atomic mass is 16.7. The molecule has 1 heterocycles. The summed E-state index contributed by atoms with van der Waals surface area (Å²) in [6, 6.07) is -1.18. The van der Waals surface area contributed by atoms with E-state index in [-0.39, 0.29) is 12.8 Å². The summed E-state index contributed by atoms with van der Waals surface area (Å²) in [4.78, 5) is 13.1. The number of carbonyl (C=O) groups excluding carboxylic acids is 1. The zero-order valence-electron chi connectivity index (χ0n) is 41.7. The van der Waals surface area contributed by atoms with Gasteiger partial charge in [-0.15, -0.1) is 0 Å². The smallest absolute Gasteiger partial charge is 0.249 e. The van der Waals surface area contributed by atoms with Gasteiger partial charge in [0, 0.05) is 0 Å². The Hall–Kier alpha value is -1.41. The van der Waals surface area contributed by atoms with Crippen LogP contribution in [0.3, 0.4) is 0 Å². The lowest BCUT2D eigenvalue weighted by molar-refractivity contribution is -0.303. The van der Waals surface area contributed by atoms with Crippen LogP contribution in [-0.2, 0) is 14.3 Å². The molecule has 11 nitrogen and oxygen atoms in total. The van der Waals surface area contributed by atoms with E-state index in [1.165, 1.54) is 167 Å². The number of hydrogen-bond donors (Lipinski definition) is 8. The lowest BCUT2D eigenvalue weighted by Crippen LogP contribution is -2.60. The first-order valence-corrected chi connectivity index (χ1v) is 27.2. The van der Waals surface area contributed by atoms with Gasteiger partial charge in [0.05, 0.1) is 25.4 Å². The van der Waals surface area contributed by atoms with Gasteiger partial charge in [-0.2, -0.15) is 0 Å². The monoisotopic (exact) mass is 926 g/mol. The molecule has 0 aromatic carbocycles. The van der Waals surface area contributed by atoms with Gasteiger partial charge in [-0.25, -0.2) is 0 Å². The molecule has 0 saturated carbocycles. The molecule has 8 N–H and O–H groups in total. The SMILES string of the molecule is CCCCCCCC/C=C/CCCC(O)C(O)C(COC1OC(CO)C(O)C(O)C1O)NC(=O)C(O)CCCCCCCCCCCCC/C=C\CCCCCCCCCCCCCC. The van der Waals surface area contributed by atoms with Gasteiger partial charge in [-0.05, 0) is 64.2 Å². The third kappa shape index (κ3) is 32.9. The van der Waals surface area contributed by atoms with Gasteiger partial charge >= 0.3 is 0 Å². The number of unbranched alkanes of at least 4 members (excludes halogenated alkanes) is 30. The molecule has 0 aliphatic carbocycles. The fourth-order valence-electron chi connectivity index (χ4n) is 8.73. The van der Waals surface area contributed by atoms with Crippen LogP contribution in [0.4, 0.5) is 0 Å². The molecule has 0 bridgehead atoms. The third-order valence-electron chi connectivity index (χ3n) is 13.2. The molecule has 0 aromatic heterocycles. The van der Waals surface area contributed by atoms with Crippen molar-refractivity contribution in [3.63, 3.8) is 0 Å². The van der Waals surface area contributed by atoms with Gasteiger partial charge in [0.15, 0.2) is 6.29 Å². The van der Waals surface area contributed by atoms with Gasteiger partial charge in [0.2, 0.25) is 5.91 Å². The van der Waals surface area contributed by atoms with Crippen LogP contribution in [0.25, 0.3) is 0 Å². The summed E-state index contributed by atoms with van der Waals surface area (Å²) in [5.74, 6) is -0.706. The van der Waals surface area contributed by atoms with E-state index in [4.69, 9.17) is 9.47 Å². The van der Waals surface area contributed by atoms with E-state index in [1.54, 1.807) is 0 Å². The minimum atomic E-state index is -1.67. The Kier molecular flexibility index (Phi) is 41.6. The van der Waals surface area contributed by atoms with Crippen LogP contribution in [-0.4, -0.2) is 110 Å². The van der Waals surface area contributed by atoms with Gasteiger partial charge in [0.25, 0.3) is 0 Å². The second-order valence-corrected chi connectivity index (χ2v) is 19.3. The normalized spacial score (nSPS) is 21.0. The van der Waals surface area contributed by atoms with Crippen molar-refractivity contribution in [3.05, 3.63) is 24.3 Å². The van der Waals surface area contributed by atoms with Crippen molar-refractivity contribution in [2.24, 2.45) is 0 Å². The number of nitrogens with one attached hydrogen (secondary N) is 1. The fourth-order valence-corrected chi connectivity index (χ4v) is 8.73. The number of ether oxygens (including phenoxy) is 2. The summed E-state index contributed by atoms with van der Waals surface area (Å²) in [6.45, 7) is 3.42. The molecule has 9 atom stereocenters. The molecule has 1 fully saturated rings. The first-order chi connectivity index (χ1) is 31.7. The topological polar surface area (TPSA) is 189 Å². The first-order valence-electron chi connectivity index (χ1n) is 27.2. The molecule has 1 saturated heterocycles. The average molecular weight is 926 g/mol. The minimum absolute atomic E-state index is 0.254. The Morgan fingerprint density at radius 3 is 1.32 bits per heavy atom. The van der Waals surface area contributed by atoms with Crippen LogP contribution >= 0.6 is 0 Å². The molecule has 1 aliphatic heterocycles. The molecular weight excluding hydrogens is 823 g/mol. The zero-order chi connectivity index (χ0) is 47.6. The van der Waals surface area contributed by atoms with E-state index in [2.05, 4.69) is 43.5 Å². The lowest BCUT2D eigenvalue weighted by Gasteiger charge is -2.40. The van der Waals surface area contributed by atoms with Crippen LogP contribution in [0.1, 0.15) is 245 Å². The number of rotatable bonds is 46. The molecule has 1 aliphatic rings. The molecule has 0 radical (unpaired) electrons. The number of aliphatic hydroxyl groups is 7. The van der Waals surface area contributed by atoms with Crippen molar-refractivity contribution in [1.82, 2.24) is 5.32 Å². The highest BCUT2D eigenvalue weighted by Gasteiger charge is 2.44. The predicted molar refractivity (Wildman–Crippen MR) is 266 cm³/mol. The summed E-state index contributed by atoms with van der Waals surface area (Å²) in [7, 11) is 0. The molecule has 1 rings (SSSR count). The Bertz CT molecular complexity index is 1110. The van der Waals surface area contributed by atoms with Gasteiger partial charge in [-0.1, -0.05) is 205 Å². The number of hydrogen-bond acceptors (Lipinski definition) is 10. The number of aliphatic hydroxyl groups excluding tert-OH is 7. The molecule has 11 heteroatoms. The van der Waals surface area contributed by atoms with Crippen molar-refractivity contribution in [2.45, 2.75) is 300 Å². The van der Waals surface area contributed by atoms with Crippen LogP contribution in [0.2, 0.25) is 0 Å². The average Bonchev–Trinajstić information content (AvgIpc) is 3.31. The second kappa shape index (κ2) is 43.8. The van der Waals surface area contributed by atoms with Crippen molar-refractivity contribution >= 4 is 5.91 Å². The molecular formula is C54H103NO10. The highest BCUT2D eigenvalue weighted by molar-refractivity contribution is 5.80. The molecule has 1 amide bonds. The van der Waals surface area contributed by atoms with E-state index in [0.717, 1.165) is 38.5 Å². The Morgan fingerprint density at radius 2 is 0.908 bits per heavy atom. The summed E-state index contributed by atoms with van der Waals surface area (Å²) < 4.78 is 11.1. The highest BCUT2D eigenvalue weighted by Crippen LogP contribution is 2.23. The standard InChI is InChI=1S/C54H103NO10/c1-3-5-7-9-11-13-15-16-17-18-19-20-21-22-23-24-25-26-27-28-29-30-32-34-36-38-40-42-47(58)53(63)55-45(44-64-54-52(62)51(61)50(60)48(43-56)65-54)49(59)46(57)41-39-37-35-33-31-14-12-10-8-6-4-2/h22-23,33,35,45-52,54,56-62H,3-21,24-32,34,36-44H2,1-2H3,(H,55,63)/b23-22-,35-33+. The van der Waals surface area contributed by atoms with Gasteiger partial charge in [0.1, 0.15) is 36.6 Å². The maximum atomic E-state index is 13.1. The minimum Gasteiger partial charge on any atom is -0.394 e. The summed E-state index contributed by atoms with van der Waals surface area (Å²) in [5, 5.41) is 75.7. The summed E-state index contributed by atoms with van der Waals surface area (Å²) in [6.07, 6.45) is 39.7. The van der Waals surface area contributed by atoms with Crippen molar-refractivity contribution in [3.8, 4) is 0 Å². The fraction of sp³-hybridized carbons (Fsp3) is 0.907. The van der Waals surface area contributed by atoms with E-state index in [1.807, 2.05) is 0 Å². The molecule has 0 aromatic rings. The van der Waals surface area contributed by atoms with Crippen molar-refractivity contribution in [2.75, 3.05) is 13.2 Å². The molecule has 65 heavy (non-hydrogen) atoms. The molecule has 0 spiro atoms. The third-order valence-corrected chi connectivity index (χ3v) is 13.2. The van der Waals surface area contributed by atoms with Gasteiger partial charge in [-0.3, -0.25) is 4.79 Å². The van der Waals surface area contributed by atoms with E-state index in [0.29, 0.717) is 12.8 Å². The van der Waals surface area contributed by atoms with Crippen LogP contribution in [0.15, 0.2) is 24.3 Å². The summed E-state index contributed by atoms with van der Waals surface area (Å²) >= 11 is 0. The number of carbonyl (C=O) groups is 1. The lowest BCUT2D eigenvalue weighted by atomic mass is 9.98. The Balaban J connectivity index is 2.26. The van der Waals surface area contributed by atoms with Crippen molar-refractivity contribution < 1.29 is 50.0 Å². The molecule has 9 unspecified atom stereocenters. The number of amides is 1. The van der Waals surface area contributed by atoms with Gasteiger partial charge < -0.3 is 50.5 Å². The van der Waals surface area contributed by atoms with Crippen LogP contribution in [0.5, 0.6) is 0 Å². The zero-order valence-corrected chi connectivity index (χ0v) is 41.7. The maximum absolute atomic E-state index is 13.1. The maximum Gasteiger partial charge on any atom is 0.249 e. The second-order valence-electron chi connectivity index (χ2n) is 19.3. The van der Waals surface area contributed by atoms with Crippen LogP contribution in [0, 0.1) is 0 Å².